The summed E-state index contributed by atoms with van der Waals surface area (Å²) in [5.41, 5.74) is 0.846. The minimum absolute atomic E-state index is 0.333. The van der Waals surface area contributed by atoms with Crippen molar-refractivity contribution in [3.8, 4) is 0 Å². The molecule has 0 radical (unpaired) electrons. The second-order valence-electron chi connectivity index (χ2n) is 6.16. The number of rotatable bonds is 5. The second kappa shape index (κ2) is 5.50. The molecule has 0 spiro atoms. The standard InChI is InChI=1S/C14H30N2/c1-6-13(3,4)16(5)12-14(7-2)9-8-10-15-11-14/h15H,6-12H2,1-5H3. The smallest absolute Gasteiger partial charge is 0.0147 e. The number of hydrogen-bond acceptors (Lipinski definition) is 2. The summed E-state index contributed by atoms with van der Waals surface area (Å²) in [5, 5.41) is 3.57. The molecule has 0 aromatic carbocycles. The van der Waals surface area contributed by atoms with Gasteiger partial charge in [0.1, 0.15) is 0 Å². The molecule has 1 atom stereocenters. The van der Waals surface area contributed by atoms with E-state index in [9.17, 15) is 0 Å². The van der Waals surface area contributed by atoms with Crippen LogP contribution in [-0.2, 0) is 0 Å². The van der Waals surface area contributed by atoms with E-state index < -0.39 is 0 Å². The van der Waals surface area contributed by atoms with Gasteiger partial charge in [-0.25, -0.2) is 0 Å². The molecule has 1 aliphatic rings. The first-order valence-corrected chi connectivity index (χ1v) is 6.88. The summed E-state index contributed by atoms with van der Waals surface area (Å²) < 4.78 is 0. The zero-order chi connectivity index (χ0) is 12.2. The van der Waals surface area contributed by atoms with Crippen LogP contribution in [0.15, 0.2) is 0 Å². The Morgan fingerprint density at radius 2 is 2.00 bits per heavy atom. The van der Waals surface area contributed by atoms with E-state index in [0.29, 0.717) is 11.0 Å². The highest BCUT2D eigenvalue weighted by Gasteiger charge is 2.34. The van der Waals surface area contributed by atoms with Gasteiger partial charge in [-0.3, -0.25) is 0 Å². The average molecular weight is 226 g/mol. The number of nitrogens with zero attached hydrogens (tertiary/aromatic N) is 1. The monoisotopic (exact) mass is 226 g/mol. The highest BCUT2D eigenvalue weighted by molar-refractivity contribution is 4.90. The van der Waals surface area contributed by atoms with Crippen molar-refractivity contribution in [1.29, 1.82) is 0 Å². The fourth-order valence-electron chi connectivity index (χ4n) is 2.57. The lowest BCUT2D eigenvalue weighted by atomic mass is 9.77. The van der Waals surface area contributed by atoms with Gasteiger partial charge in [0.2, 0.25) is 0 Å². The second-order valence-corrected chi connectivity index (χ2v) is 6.16. The summed E-state index contributed by atoms with van der Waals surface area (Å²) in [4.78, 5) is 2.56. The predicted molar refractivity (Wildman–Crippen MR) is 71.8 cm³/mol. The van der Waals surface area contributed by atoms with E-state index in [1.807, 2.05) is 0 Å². The zero-order valence-electron chi connectivity index (χ0n) is 11.9. The van der Waals surface area contributed by atoms with Crippen LogP contribution in [0.5, 0.6) is 0 Å². The summed E-state index contributed by atoms with van der Waals surface area (Å²) >= 11 is 0. The maximum Gasteiger partial charge on any atom is 0.0147 e. The van der Waals surface area contributed by atoms with E-state index in [2.05, 4.69) is 45.0 Å². The minimum atomic E-state index is 0.333. The van der Waals surface area contributed by atoms with E-state index in [4.69, 9.17) is 0 Å². The van der Waals surface area contributed by atoms with Crippen LogP contribution in [0.3, 0.4) is 0 Å². The third kappa shape index (κ3) is 3.21. The van der Waals surface area contributed by atoms with Gasteiger partial charge in [-0.05, 0) is 58.5 Å². The molecule has 16 heavy (non-hydrogen) atoms. The lowest BCUT2D eigenvalue weighted by molar-refractivity contribution is 0.0621. The summed E-state index contributed by atoms with van der Waals surface area (Å²) in [6.45, 7) is 13.0. The summed E-state index contributed by atoms with van der Waals surface area (Å²) in [6.07, 6.45) is 5.25. The minimum Gasteiger partial charge on any atom is -0.316 e. The van der Waals surface area contributed by atoms with Crippen LogP contribution in [0.25, 0.3) is 0 Å². The van der Waals surface area contributed by atoms with Gasteiger partial charge in [-0.15, -0.1) is 0 Å². The molecule has 1 fully saturated rings. The van der Waals surface area contributed by atoms with Crippen LogP contribution >= 0.6 is 0 Å². The van der Waals surface area contributed by atoms with Crippen molar-refractivity contribution in [3.63, 3.8) is 0 Å². The van der Waals surface area contributed by atoms with E-state index >= 15 is 0 Å². The molecule has 2 nitrogen and oxygen atoms in total. The Morgan fingerprint density at radius 3 is 2.44 bits per heavy atom. The maximum absolute atomic E-state index is 3.57. The van der Waals surface area contributed by atoms with E-state index in [1.54, 1.807) is 0 Å². The van der Waals surface area contributed by atoms with Gasteiger partial charge < -0.3 is 10.2 Å². The fourth-order valence-corrected chi connectivity index (χ4v) is 2.57. The largest absolute Gasteiger partial charge is 0.316 e. The van der Waals surface area contributed by atoms with Gasteiger partial charge in [0.15, 0.2) is 0 Å². The molecule has 1 heterocycles. The van der Waals surface area contributed by atoms with Gasteiger partial charge in [0.25, 0.3) is 0 Å². The molecular weight excluding hydrogens is 196 g/mol. The molecule has 1 N–H and O–H groups in total. The third-order valence-electron chi connectivity index (χ3n) is 4.78. The van der Waals surface area contributed by atoms with Crippen molar-refractivity contribution in [2.24, 2.45) is 5.41 Å². The predicted octanol–water partition coefficient (Wildman–Crippen LogP) is 2.89. The normalized spacial score (nSPS) is 27.4. The number of piperidine rings is 1. The highest BCUT2D eigenvalue weighted by Crippen LogP contribution is 2.33. The Kier molecular flexibility index (Phi) is 4.81. The highest BCUT2D eigenvalue weighted by atomic mass is 15.2. The Bertz CT molecular complexity index is 205. The van der Waals surface area contributed by atoms with Crippen LogP contribution in [0.2, 0.25) is 0 Å². The van der Waals surface area contributed by atoms with Gasteiger partial charge >= 0.3 is 0 Å². The molecule has 0 saturated carbocycles. The Balaban J connectivity index is 2.62. The van der Waals surface area contributed by atoms with E-state index in [0.717, 1.165) is 0 Å². The van der Waals surface area contributed by atoms with Crippen molar-refractivity contribution in [2.45, 2.75) is 58.9 Å². The molecule has 0 bridgehead atoms. The first-order chi connectivity index (χ1) is 7.46. The van der Waals surface area contributed by atoms with Crippen LogP contribution in [0.4, 0.5) is 0 Å². The van der Waals surface area contributed by atoms with Crippen molar-refractivity contribution in [1.82, 2.24) is 10.2 Å². The number of nitrogens with one attached hydrogen (secondary N) is 1. The first-order valence-electron chi connectivity index (χ1n) is 6.88. The molecule has 0 aromatic heterocycles. The molecule has 2 heteroatoms. The number of hydrogen-bond donors (Lipinski definition) is 1. The average Bonchev–Trinajstić information content (AvgIpc) is 2.30. The van der Waals surface area contributed by atoms with Crippen molar-refractivity contribution < 1.29 is 0 Å². The fraction of sp³-hybridized carbons (Fsp3) is 1.00. The maximum atomic E-state index is 3.57. The van der Waals surface area contributed by atoms with Crippen LogP contribution in [0, 0.1) is 5.41 Å². The van der Waals surface area contributed by atoms with Crippen molar-refractivity contribution in [2.75, 3.05) is 26.7 Å². The molecule has 0 amide bonds. The summed E-state index contributed by atoms with van der Waals surface area (Å²) in [5.74, 6) is 0. The molecule has 1 rings (SSSR count). The zero-order valence-corrected chi connectivity index (χ0v) is 11.9. The van der Waals surface area contributed by atoms with Crippen LogP contribution in [-0.4, -0.2) is 37.1 Å². The van der Waals surface area contributed by atoms with Crippen molar-refractivity contribution in [3.05, 3.63) is 0 Å². The molecule has 1 saturated heterocycles. The third-order valence-corrected chi connectivity index (χ3v) is 4.78. The van der Waals surface area contributed by atoms with Crippen molar-refractivity contribution >= 4 is 0 Å². The van der Waals surface area contributed by atoms with Gasteiger partial charge in [0.05, 0.1) is 0 Å². The first kappa shape index (κ1) is 14.0. The quantitative estimate of drug-likeness (QED) is 0.775. The molecular formula is C14H30N2. The van der Waals surface area contributed by atoms with Gasteiger partial charge in [-0.2, -0.15) is 0 Å². The van der Waals surface area contributed by atoms with E-state index in [1.165, 1.54) is 45.3 Å². The van der Waals surface area contributed by atoms with Crippen LogP contribution < -0.4 is 5.32 Å². The molecule has 0 aromatic rings. The summed E-state index contributed by atoms with van der Waals surface area (Å²) in [7, 11) is 2.29. The van der Waals surface area contributed by atoms with Gasteiger partial charge in [0, 0.05) is 18.6 Å². The van der Waals surface area contributed by atoms with Crippen LogP contribution in [0.1, 0.15) is 53.4 Å². The lowest BCUT2D eigenvalue weighted by Crippen LogP contribution is -2.51. The Morgan fingerprint density at radius 1 is 1.31 bits per heavy atom. The molecule has 1 aliphatic heterocycles. The molecule has 96 valence electrons. The molecule has 1 unspecified atom stereocenters. The summed E-state index contributed by atoms with van der Waals surface area (Å²) in [6, 6.07) is 0. The Labute approximate surface area is 102 Å². The SMILES string of the molecule is CCC1(CN(C)C(C)(C)CC)CCCNC1. The van der Waals surface area contributed by atoms with E-state index in [-0.39, 0.29) is 0 Å². The lowest BCUT2D eigenvalue weighted by Gasteiger charge is -2.45. The topological polar surface area (TPSA) is 15.3 Å². The van der Waals surface area contributed by atoms with Gasteiger partial charge in [-0.1, -0.05) is 13.8 Å². The molecule has 0 aliphatic carbocycles. The Hall–Kier alpha value is -0.0800.